The number of benzene rings is 3. The Morgan fingerprint density at radius 2 is 1.81 bits per heavy atom. The number of hydrogen-bond donors (Lipinski definition) is 0. The van der Waals surface area contributed by atoms with Gasteiger partial charge in [-0.15, -0.1) is 0 Å². The summed E-state index contributed by atoms with van der Waals surface area (Å²) in [6, 6.07) is 20.3. The van der Waals surface area contributed by atoms with Crippen LogP contribution in [0.3, 0.4) is 0 Å². The van der Waals surface area contributed by atoms with Crippen molar-refractivity contribution < 1.29 is 27.5 Å². The van der Waals surface area contributed by atoms with Crippen molar-refractivity contribution in [2.75, 3.05) is 23.1 Å². The van der Waals surface area contributed by atoms with E-state index in [-0.39, 0.29) is 25.0 Å². The highest BCUT2D eigenvalue weighted by atomic mass is 19.4. The van der Waals surface area contributed by atoms with E-state index in [9.17, 15) is 22.8 Å². The van der Waals surface area contributed by atoms with Crippen LogP contribution in [-0.2, 0) is 28.5 Å². The average Bonchev–Trinajstić information content (AvgIpc) is 3.22. The van der Waals surface area contributed by atoms with Gasteiger partial charge in [0.25, 0.3) is 5.91 Å². The number of carbonyl (C=O) groups excluding carboxylic acids is 2. The molecule has 3 heterocycles. The minimum absolute atomic E-state index is 0.136. The molecule has 42 heavy (non-hydrogen) atoms. The molecule has 9 heteroatoms. The number of hydrogen-bond acceptors (Lipinski definition) is 5. The van der Waals surface area contributed by atoms with E-state index in [1.54, 1.807) is 37.3 Å². The number of piperidine rings is 1. The first-order valence-electron chi connectivity index (χ1n) is 14.3. The van der Waals surface area contributed by atoms with Crippen LogP contribution in [0.2, 0.25) is 0 Å². The summed E-state index contributed by atoms with van der Waals surface area (Å²) in [5.41, 5.74) is 2.08. The molecule has 0 unspecified atom stereocenters. The molecule has 6 rings (SSSR count). The number of carbonyl (C=O) groups is 2. The van der Waals surface area contributed by atoms with E-state index in [4.69, 9.17) is 9.84 Å². The summed E-state index contributed by atoms with van der Waals surface area (Å²) in [6.07, 6.45) is -1.91. The molecule has 0 aliphatic carbocycles. The normalized spacial score (nSPS) is 23.5. The van der Waals surface area contributed by atoms with Crippen molar-refractivity contribution in [3.8, 4) is 0 Å². The second-order valence-electron chi connectivity index (χ2n) is 11.3. The molecular weight excluding hydrogens is 543 g/mol. The van der Waals surface area contributed by atoms with Gasteiger partial charge in [-0.2, -0.15) is 23.3 Å². The number of anilines is 2. The minimum Gasteiger partial charge on any atom is -0.462 e. The van der Waals surface area contributed by atoms with Gasteiger partial charge in [0, 0.05) is 18.3 Å². The van der Waals surface area contributed by atoms with Crippen LogP contribution in [0, 0.1) is 11.3 Å². The molecule has 6 nitrogen and oxygen atoms in total. The molecule has 0 aromatic heterocycles. The zero-order valence-electron chi connectivity index (χ0n) is 23.5. The molecule has 1 amide bonds. The van der Waals surface area contributed by atoms with E-state index >= 15 is 0 Å². The molecular formula is C33H32F3N3O3. The molecule has 0 bridgehead atoms. The van der Waals surface area contributed by atoms with Crippen molar-refractivity contribution in [3.05, 3.63) is 95.1 Å². The summed E-state index contributed by atoms with van der Waals surface area (Å²) in [7, 11) is 0. The van der Waals surface area contributed by atoms with E-state index in [0.29, 0.717) is 41.4 Å². The second-order valence-corrected chi connectivity index (χ2v) is 11.3. The van der Waals surface area contributed by atoms with Gasteiger partial charge >= 0.3 is 12.1 Å². The van der Waals surface area contributed by atoms with Crippen LogP contribution in [-0.4, -0.2) is 36.8 Å². The molecule has 218 valence electrons. The maximum absolute atomic E-state index is 14.5. The second kappa shape index (κ2) is 10.6. The lowest BCUT2D eigenvalue weighted by Gasteiger charge is -2.52. The summed E-state index contributed by atoms with van der Waals surface area (Å²) in [5, 5.41) is 6.06. The van der Waals surface area contributed by atoms with Crippen LogP contribution in [0.25, 0.3) is 0 Å². The van der Waals surface area contributed by atoms with E-state index in [2.05, 4.69) is 17.0 Å². The van der Waals surface area contributed by atoms with Crippen molar-refractivity contribution in [2.45, 2.75) is 51.7 Å². The number of fused-ring (bicyclic) bond motifs is 4. The van der Waals surface area contributed by atoms with Crippen LogP contribution in [0.5, 0.6) is 0 Å². The fourth-order valence-corrected chi connectivity index (χ4v) is 6.87. The predicted octanol–water partition coefficient (Wildman–Crippen LogP) is 6.68. The van der Waals surface area contributed by atoms with E-state index < -0.39 is 23.1 Å². The number of ether oxygens (including phenoxy) is 1. The molecule has 3 aromatic carbocycles. The summed E-state index contributed by atoms with van der Waals surface area (Å²) in [4.78, 5) is 28.8. The van der Waals surface area contributed by atoms with Crippen molar-refractivity contribution in [2.24, 2.45) is 16.4 Å². The van der Waals surface area contributed by atoms with Gasteiger partial charge in [-0.3, -0.25) is 4.79 Å². The Labute approximate surface area is 242 Å². The van der Waals surface area contributed by atoms with Crippen molar-refractivity contribution >= 4 is 29.0 Å². The predicted molar refractivity (Wildman–Crippen MR) is 155 cm³/mol. The van der Waals surface area contributed by atoms with Gasteiger partial charge in [0.05, 0.1) is 29.1 Å². The lowest BCUT2D eigenvalue weighted by atomic mass is 9.63. The minimum atomic E-state index is -4.49. The van der Waals surface area contributed by atoms with Crippen LogP contribution in [0.4, 0.5) is 24.5 Å². The smallest absolute Gasteiger partial charge is 0.416 e. The Hall–Kier alpha value is -4.14. The highest BCUT2D eigenvalue weighted by Gasteiger charge is 2.60. The van der Waals surface area contributed by atoms with Gasteiger partial charge in [0.15, 0.2) is 0 Å². The number of rotatable bonds is 5. The third-order valence-corrected chi connectivity index (χ3v) is 8.93. The number of nitrogens with zero attached hydrogens (tertiary/aromatic N) is 3. The first-order chi connectivity index (χ1) is 20.1. The number of halogens is 3. The summed E-state index contributed by atoms with van der Waals surface area (Å²) < 4.78 is 46.3. The number of amides is 1. The number of esters is 1. The van der Waals surface area contributed by atoms with Gasteiger partial charge < -0.3 is 9.64 Å². The molecule has 3 aliphatic heterocycles. The molecule has 0 saturated carbocycles. The fraction of sp³-hybridized carbons (Fsp3) is 0.364. The Balaban J connectivity index is 1.38. The van der Waals surface area contributed by atoms with Crippen LogP contribution < -0.4 is 9.91 Å². The fourth-order valence-electron chi connectivity index (χ4n) is 6.87. The lowest BCUT2D eigenvalue weighted by molar-refractivity contribution is -0.137. The molecule has 0 radical (unpaired) electrons. The zero-order chi connectivity index (χ0) is 29.6. The summed E-state index contributed by atoms with van der Waals surface area (Å²) >= 11 is 0. The number of alkyl halides is 3. The molecule has 1 spiro atoms. The molecule has 1 saturated heterocycles. The van der Waals surface area contributed by atoms with Gasteiger partial charge in [0.2, 0.25) is 0 Å². The third kappa shape index (κ3) is 4.74. The molecule has 3 aromatic rings. The highest BCUT2D eigenvalue weighted by Crippen LogP contribution is 2.51. The first kappa shape index (κ1) is 28.0. The van der Waals surface area contributed by atoms with Gasteiger partial charge in [0.1, 0.15) is 5.41 Å². The molecule has 1 fully saturated rings. The van der Waals surface area contributed by atoms with Gasteiger partial charge in [-0.1, -0.05) is 30.3 Å². The Morgan fingerprint density at radius 1 is 1.07 bits per heavy atom. The van der Waals surface area contributed by atoms with Crippen molar-refractivity contribution in [3.63, 3.8) is 0 Å². The summed E-state index contributed by atoms with van der Waals surface area (Å²) in [5.74, 6) is -0.415. The lowest BCUT2D eigenvalue weighted by Crippen LogP contribution is -2.62. The summed E-state index contributed by atoms with van der Waals surface area (Å²) in [6.45, 7) is 4.42. The van der Waals surface area contributed by atoms with Gasteiger partial charge in [-0.05, 0) is 99.0 Å². The van der Waals surface area contributed by atoms with Crippen molar-refractivity contribution in [1.82, 2.24) is 0 Å². The number of hydrazone groups is 1. The zero-order valence-corrected chi connectivity index (χ0v) is 23.5. The first-order valence-corrected chi connectivity index (χ1v) is 14.3. The maximum Gasteiger partial charge on any atom is 0.416 e. The highest BCUT2D eigenvalue weighted by molar-refractivity contribution is 6.20. The topological polar surface area (TPSA) is 62.2 Å². The Kier molecular flexibility index (Phi) is 7.07. The largest absolute Gasteiger partial charge is 0.462 e. The van der Waals surface area contributed by atoms with E-state index in [0.717, 1.165) is 24.6 Å². The van der Waals surface area contributed by atoms with E-state index in [1.165, 1.54) is 16.6 Å². The average molecular weight is 576 g/mol. The van der Waals surface area contributed by atoms with E-state index in [1.807, 2.05) is 25.1 Å². The SMILES string of the molecule is CCOC(=O)c1ccc(N2N=C(C)[C@]3(Cc4cc(C(F)(F)F)ccc4N4CC[C@H](Cc5ccccc5)C[C@H]43)C2=O)cc1. The molecule has 0 N–H and O–H groups in total. The standard InChI is InChI=1S/C33H32F3N3O3/c1-3-42-30(40)24-9-12-27(13-10-24)39-31(41)32(21(2)37-39)20-25-19-26(33(34,35)36)11-14-28(25)38-16-15-23(18-29(32)38)17-22-7-5-4-6-8-22/h4-14,19,23,29H,3,15-18,20H2,1-2H3/t23-,29+,32+/m1/s1. The van der Waals surface area contributed by atoms with Crippen LogP contribution >= 0.6 is 0 Å². The molecule has 3 aliphatic rings. The van der Waals surface area contributed by atoms with Gasteiger partial charge in [-0.25, -0.2) is 4.79 Å². The molecule has 3 atom stereocenters. The third-order valence-electron chi connectivity index (χ3n) is 8.93. The van der Waals surface area contributed by atoms with Crippen LogP contribution in [0.15, 0.2) is 77.9 Å². The van der Waals surface area contributed by atoms with Crippen molar-refractivity contribution in [1.29, 1.82) is 0 Å². The monoisotopic (exact) mass is 575 g/mol. The Morgan fingerprint density at radius 3 is 2.50 bits per heavy atom. The van der Waals surface area contributed by atoms with Crippen LogP contribution in [0.1, 0.15) is 53.7 Å². The maximum atomic E-state index is 14.5. The quantitative estimate of drug-likeness (QED) is 0.319. The Bertz CT molecular complexity index is 1540.